The topological polar surface area (TPSA) is 50.4 Å². The van der Waals surface area contributed by atoms with E-state index < -0.39 is 5.82 Å². The number of carbonyl (C=O) groups excluding carboxylic acids is 1. The molecule has 0 bridgehead atoms. The Balaban J connectivity index is 1.87. The lowest BCUT2D eigenvalue weighted by molar-refractivity contribution is -0.117. The molecule has 1 heterocycles. The summed E-state index contributed by atoms with van der Waals surface area (Å²) in [7, 11) is 0. The van der Waals surface area contributed by atoms with Crippen LogP contribution in [0.25, 0.3) is 0 Å². The van der Waals surface area contributed by atoms with Gasteiger partial charge in [-0.3, -0.25) is 4.79 Å². The average Bonchev–Trinajstić information content (AvgIpc) is 2.51. The highest BCUT2D eigenvalue weighted by molar-refractivity contribution is 5.90. The number of rotatable bonds is 6. The van der Waals surface area contributed by atoms with Crippen LogP contribution in [0.5, 0.6) is 5.75 Å². The van der Waals surface area contributed by atoms with E-state index in [1.165, 1.54) is 18.9 Å². The Morgan fingerprint density at radius 2 is 2.36 bits per heavy atom. The normalized spacial score (nSPS) is 19.5. The number of hydrogen-bond acceptors (Lipinski definition) is 3. The lowest BCUT2D eigenvalue weighted by atomic mass is 9.85. The maximum absolute atomic E-state index is 13.8. The summed E-state index contributed by atoms with van der Waals surface area (Å²) in [4.78, 5) is 12.1. The van der Waals surface area contributed by atoms with Crippen LogP contribution in [-0.2, 0) is 4.79 Å². The third-order valence-corrected chi connectivity index (χ3v) is 4.16. The second kappa shape index (κ2) is 8.13. The summed E-state index contributed by atoms with van der Waals surface area (Å²) in [5, 5.41) is 6.14. The highest BCUT2D eigenvalue weighted by Gasteiger charge is 2.22. The Hall–Kier alpha value is -1.62. The van der Waals surface area contributed by atoms with Crippen LogP contribution >= 0.6 is 0 Å². The number of benzene rings is 1. The molecular weight excluding hydrogens is 283 g/mol. The molecule has 5 heteroatoms. The molecule has 1 aliphatic heterocycles. The number of ether oxygens (including phenoxy) is 1. The van der Waals surface area contributed by atoms with Gasteiger partial charge in [-0.05, 0) is 56.8 Å². The second-order valence-corrected chi connectivity index (χ2v) is 5.91. The van der Waals surface area contributed by atoms with Gasteiger partial charge in [0.15, 0.2) is 11.6 Å². The average molecular weight is 308 g/mol. The predicted octanol–water partition coefficient (Wildman–Crippen LogP) is 3.19. The van der Waals surface area contributed by atoms with Gasteiger partial charge in [-0.2, -0.15) is 0 Å². The van der Waals surface area contributed by atoms with Gasteiger partial charge in [0.25, 0.3) is 0 Å². The van der Waals surface area contributed by atoms with Gasteiger partial charge >= 0.3 is 0 Å². The minimum atomic E-state index is -0.454. The SMILES string of the molecule is CCOc1ccc(NC(=O)CC(C)C2CCCNC2)cc1F. The molecule has 0 radical (unpaired) electrons. The maximum atomic E-state index is 13.8. The standard InChI is InChI=1S/C17H25FN2O2/c1-3-22-16-7-6-14(10-15(16)18)20-17(21)9-12(2)13-5-4-8-19-11-13/h6-7,10,12-13,19H,3-5,8-9,11H2,1-2H3,(H,20,21). The first kappa shape index (κ1) is 16.7. The van der Waals surface area contributed by atoms with Gasteiger partial charge in [0.1, 0.15) is 0 Å². The second-order valence-electron chi connectivity index (χ2n) is 5.91. The van der Waals surface area contributed by atoms with Gasteiger partial charge in [-0.1, -0.05) is 6.92 Å². The van der Waals surface area contributed by atoms with Crippen molar-refractivity contribution in [2.75, 3.05) is 25.0 Å². The number of hydrogen-bond donors (Lipinski definition) is 2. The molecular formula is C17H25FN2O2. The van der Waals surface area contributed by atoms with Crippen molar-refractivity contribution in [2.45, 2.75) is 33.1 Å². The first-order chi connectivity index (χ1) is 10.6. The Bertz CT molecular complexity index is 501. The summed E-state index contributed by atoms with van der Waals surface area (Å²) in [6, 6.07) is 4.51. The van der Waals surface area contributed by atoms with E-state index in [0.29, 0.717) is 30.6 Å². The van der Waals surface area contributed by atoms with Crippen LogP contribution in [0.2, 0.25) is 0 Å². The molecule has 4 nitrogen and oxygen atoms in total. The third kappa shape index (κ3) is 4.70. The zero-order valence-electron chi connectivity index (χ0n) is 13.3. The minimum absolute atomic E-state index is 0.0679. The highest BCUT2D eigenvalue weighted by atomic mass is 19.1. The molecule has 2 rings (SSSR count). The number of piperidine rings is 1. The van der Waals surface area contributed by atoms with Gasteiger partial charge in [0.05, 0.1) is 6.61 Å². The molecule has 0 aliphatic carbocycles. The first-order valence-electron chi connectivity index (χ1n) is 8.03. The van der Waals surface area contributed by atoms with E-state index in [9.17, 15) is 9.18 Å². The van der Waals surface area contributed by atoms with Crippen LogP contribution in [-0.4, -0.2) is 25.6 Å². The van der Waals surface area contributed by atoms with Gasteiger partial charge < -0.3 is 15.4 Å². The predicted molar refractivity (Wildman–Crippen MR) is 85.6 cm³/mol. The summed E-state index contributed by atoms with van der Waals surface area (Å²) in [5.41, 5.74) is 0.472. The molecule has 0 saturated carbocycles. The van der Waals surface area contributed by atoms with Crippen molar-refractivity contribution in [2.24, 2.45) is 11.8 Å². The fourth-order valence-electron chi connectivity index (χ4n) is 2.89. The molecule has 1 aliphatic rings. The quantitative estimate of drug-likeness (QED) is 0.848. The molecule has 1 aromatic rings. The van der Waals surface area contributed by atoms with E-state index in [1.807, 2.05) is 0 Å². The van der Waals surface area contributed by atoms with Gasteiger partial charge in [-0.15, -0.1) is 0 Å². The highest BCUT2D eigenvalue weighted by Crippen LogP contribution is 2.24. The van der Waals surface area contributed by atoms with Gasteiger partial charge in [-0.25, -0.2) is 4.39 Å². The largest absolute Gasteiger partial charge is 0.491 e. The van der Waals surface area contributed by atoms with E-state index in [2.05, 4.69) is 17.6 Å². The molecule has 0 aromatic heterocycles. The molecule has 122 valence electrons. The summed E-state index contributed by atoms with van der Waals surface area (Å²) in [5.74, 6) is 0.546. The van der Waals surface area contributed by atoms with Crippen LogP contribution in [0.1, 0.15) is 33.1 Å². The Labute approximate surface area is 131 Å². The number of anilines is 1. The van der Waals surface area contributed by atoms with Gasteiger partial charge in [0.2, 0.25) is 5.91 Å². The van der Waals surface area contributed by atoms with Crippen molar-refractivity contribution in [3.63, 3.8) is 0 Å². The first-order valence-corrected chi connectivity index (χ1v) is 8.03. The van der Waals surface area contributed by atoms with Crippen LogP contribution < -0.4 is 15.4 Å². The molecule has 2 N–H and O–H groups in total. The summed E-state index contributed by atoms with van der Waals surface area (Å²) in [6.07, 6.45) is 2.79. The van der Waals surface area contributed by atoms with E-state index in [1.54, 1.807) is 19.1 Å². The fraction of sp³-hybridized carbons (Fsp3) is 0.588. The van der Waals surface area contributed by atoms with Crippen molar-refractivity contribution >= 4 is 11.6 Å². The number of carbonyl (C=O) groups is 1. The molecule has 0 spiro atoms. The Morgan fingerprint density at radius 1 is 1.55 bits per heavy atom. The molecule has 2 unspecified atom stereocenters. The van der Waals surface area contributed by atoms with E-state index in [0.717, 1.165) is 13.1 Å². The summed E-state index contributed by atoms with van der Waals surface area (Å²) >= 11 is 0. The van der Waals surface area contributed by atoms with Crippen molar-refractivity contribution in [3.05, 3.63) is 24.0 Å². The van der Waals surface area contributed by atoms with Crippen LogP contribution in [0, 0.1) is 17.7 Å². The molecule has 2 atom stereocenters. The number of amides is 1. The number of halogens is 1. The third-order valence-electron chi connectivity index (χ3n) is 4.16. The van der Waals surface area contributed by atoms with E-state index in [4.69, 9.17) is 4.74 Å². The zero-order valence-corrected chi connectivity index (χ0v) is 13.3. The van der Waals surface area contributed by atoms with Crippen LogP contribution in [0.4, 0.5) is 10.1 Å². The smallest absolute Gasteiger partial charge is 0.224 e. The van der Waals surface area contributed by atoms with Crippen molar-refractivity contribution in [1.82, 2.24) is 5.32 Å². The molecule has 1 amide bonds. The van der Waals surface area contributed by atoms with Gasteiger partial charge in [0, 0.05) is 18.2 Å². The van der Waals surface area contributed by atoms with E-state index in [-0.39, 0.29) is 11.7 Å². The monoisotopic (exact) mass is 308 g/mol. The molecule has 1 aromatic carbocycles. The summed E-state index contributed by atoms with van der Waals surface area (Å²) in [6.45, 7) is 6.37. The van der Waals surface area contributed by atoms with Crippen molar-refractivity contribution < 1.29 is 13.9 Å². The Morgan fingerprint density at radius 3 is 3.00 bits per heavy atom. The fourth-order valence-corrected chi connectivity index (χ4v) is 2.89. The van der Waals surface area contributed by atoms with Crippen LogP contribution in [0.15, 0.2) is 18.2 Å². The molecule has 1 saturated heterocycles. The van der Waals surface area contributed by atoms with Crippen molar-refractivity contribution in [3.8, 4) is 5.75 Å². The minimum Gasteiger partial charge on any atom is -0.491 e. The summed E-state index contributed by atoms with van der Waals surface area (Å²) < 4.78 is 18.9. The van der Waals surface area contributed by atoms with E-state index >= 15 is 0 Å². The Kier molecular flexibility index (Phi) is 6.19. The lowest BCUT2D eigenvalue weighted by Crippen LogP contribution is -2.34. The van der Waals surface area contributed by atoms with Crippen LogP contribution in [0.3, 0.4) is 0 Å². The zero-order chi connectivity index (χ0) is 15.9. The number of nitrogens with one attached hydrogen (secondary N) is 2. The maximum Gasteiger partial charge on any atom is 0.224 e. The van der Waals surface area contributed by atoms with Crippen molar-refractivity contribution in [1.29, 1.82) is 0 Å². The lowest BCUT2D eigenvalue weighted by Gasteiger charge is -2.28. The molecule has 1 fully saturated rings. The molecule has 22 heavy (non-hydrogen) atoms.